The third-order valence-electron chi connectivity index (χ3n) is 3.25. The highest BCUT2D eigenvalue weighted by Gasteiger charge is 2.19. The number of ether oxygens (including phenoxy) is 2. The number of terminal acetylenes is 1. The molecule has 4 heteroatoms. The van der Waals surface area contributed by atoms with Crippen LogP contribution in [0.2, 0.25) is 0 Å². The van der Waals surface area contributed by atoms with Crippen LogP contribution in [0.25, 0.3) is 0 Å². The van der Waals surface area contributed by atoms with Gasteiger partial charge in [-0.1, -0.05) is 44.6 Å². The maximum absolute atomic E-state index is 12.0. The van der Waals surface area contributed by atoms with Gasteiger partial charge in [0.1, 0.15) is 0 Å². The average molecular weight is 332 g/mol. The van der Waals surface area contributed by atoms with E-state index in [4.69, 9.17) is 15.9 Å². The van der Waals surface area contributed by atoms with Crippen molar-refractivity contribution >= 4 is 11.9 Å². The van der Waals surface area contributed by atoms with E-state index in [-0.39, 0.29) is 24.7 Å². The van der Waals surface area contributed by atoms with E-state index in [0.29, 0.717) is 6.42 Å². The molecule has 0 aliphatic heterocycles. The molecule has 0 N–H and O–H groups in total. The number of esters is 2. The van der Waals surface area contributed by atoms with E-state index in [1.54, 1.807) is 13.8 Å². The standard InChI is InChI=1S/C20H28O4/c1-7-10-16(5)18(14-13-15(3)4)24-20(22)12-9-11-19(21)23-17(6)8-2/h2,16-18H,3,7,9-12H2,1,4-6H3. The van der Waals surface area contributed by atoms with Crippen LogP contribution in [0.15, 0.2) is 12.2 Å². The predicted octanol–water partition coefficient (Wildman–Crippen LogP) is 3.65. The fourth-order valence-corrected chi connectivity index (χ4v) is 1.96. The average Bonchev–Trinajstić information content (AvgIpc) is 2.51. The van der Waals surface area contributed by atoms with Crippen LogP contribution in [-0.4, -0.2) is 24.1 Å². The Morgan fingerprint density at radius 3 is 2.25 bits per heavy atom. The van der Waals surface area contributed by atoms with Crippen LogP contribution in [0.5, 0.6) is 0 Å². The van der Waals surface area contributed by atoms with Crippen LogP contribution in [0.1, 0.15) is 59.8 Å². The van der Waals surface area contributed by atoms with Crippen LogP contribution < -0.4 is 0 Å². The minimum Gasteiger partial charge on any atom is -0.449 e. The Morgan fingerprint density at radius 1 is 1.17 bits per heavy atom. The van der Waals surface area contributed by atoms with Gasteiger partial charge in [-0.2, -0.15) is 0 Å². The third kappa shape index (κ3) is 10.5. The lowest BCUT2D eigenvalue weighted by Crippen LogP contribution is -2.24. The van der Waals surface area contributed by atoms with Crippen molar-refractivity contribution in [1.29, 1.82) is 0 Å². The lowest BCUT2D eigenvalue weighted by Gasteiger charge is -2.19. The first-order valence-electron chi connectivity index (χ1n) is 8.32. The molecule has 0 spiro atoms. The van der Waals surface area contributed by atoms with Crippen molar-refractivity contribution in [3.63, 3.8) is 0 Å². The normalized spacial score (nSPS) is 13.5. The van der Waals surface area contributed by atoms with Crippen molar-refractivity contribution in [3.8, 4) is 24.2 Å². The number of carbonyl (C=O) groups excluding carboxylic acids is 2. The maximum atomic E-state index is 12.0. The van der Waals surface area contributed by atoms with Crippen LogP contribution in [0.3, 0.4) is 0 Å². The fourth-order valence-electron chi connectivity index (χ4n) is 1.96. The first kappa shape index (κ1) is 21.8. The van der Waals surface area contributed by atoms with Gasteiger partial charge < -0.3 is 9.47 Å². The van der Waals surface area contributed by atoms with Crippen molar-refractivity contribution in [2.24, 2.45) is 5.92 Å². The summed E-state index contributed by atoms with van der Waals surface area (Å²) in [6, 6.07) is 0. The van der Waals surface area contributed by atoms with Gasteiger partial charge in [0.15, 0.2) is 12.2 Å². The second-order valence-electron chi connectivity index (χ2n) is 5.88. The summed E-state index contributed by atoms with van der Waals surface area (Å²) in [7, 11) is 0. The molecular formula is C20H28O4. The minimum atomic E-state index is -0.554. The fraction of sp³-hybridized carbons (Fsp3) is 0.600. The largest absolute Gasteiger partial charge is 0.449 e. The topological polar surface area (TPSA) is 52.6 Å². The number of hydrogen-bond acceptors (Lipinski definition) is 4. The van der Waals surface area contributed by atoms with Crippen molar-refractivity contribution in [2.75, 3.05) is 0 Å². The van der Waals surface area contributed by atoms with E-state index < -0.39 is 18.2 Å². The summed E-state index contributed by atoms with van der Waals surface area (Å²) >= 11 is 0. The van der Waals surface area contributed by atoms with Gasteiger partial charge in [0.25, 0.3) is 0 Å². The Hall–Kier alpha value is -2.20. The highest BCUT2D eigenvalue weighted by atomic mass is 16.5. The summed E-state index contributed by atoms with van der Waals surface area (Å²) in [6.45, 7) is 11.2. The number of rotatable bonds is 9. The molecule has 0 aromatic heterocycles. The molecule has 0 saturated heterocycles. The van der Waals surface area contributed by atoms with E-state index >= 15 is 0 Å². The predicted molar refractivity (Wildman–Crippen MR) is 94.8 cm³/mol. The Labute approximate surface area is 146 Å². The van der Waals surface area contributed by atoms with Crippen LogP contribution in [-0.2, 0) is 19.1 Å². The van der Waals surface area contributed by atoms with Gasteiger partial charge in [0, 0.05) is 18.8 Å². The van der Waals surface area contributed by atoms with E-state index in [1.165, 1.54) is 0 Å². The van der Waals surface area contributed by atoms with E-state index in [2.05, 4.69) is 31.3 Å². The van der Waals surface area contributed by atoms with Crippen molar-refractivity contribution in [2.45, 2.75) is 72.0 Å². The summed E-state index contributed by atoms with van der Waals surface area (Å²) in [5.74, 6) is 7.52. The smallest absolute Gasteiger partial charge is 0.307 e. The highest BCUT2D eigenvalue weighted by molar-refractivity contribution is 5.73. The molecule has 0 fully saturated rings. The molecule has 0 rings (SSSR count). The molecule has 3 atom stereocenters. The lowest BCUT2D eigenvalue weighted by molar-refractivity contribution is -0.149. The summed E-state index contributed by atoms with van der Waals surface area (Å²) in [5, 5.41) is 0. The van der Waals surface area contributed by atoms with E-state index in [9.17, 15) is 9.59 Å². The summed E-state index contributed by atoms with van der Waals surface area (Å²) in [5.41, 5.74) is 0.727. The molecule has 132 valence electrons. The Morgan fingerprint density at radius 2 is 1.75 bits per heavy atom. The van der Waals surface area contributed by atoms with Gasteiger partial charge >= 0.3 is 11.9 Å². The van der Waals surface area contributed by atoms with Crippen LogP contribution in [0, 0.1) is 30.1 Å². The molecule has 0 saturated carbocycles. The number of carbonyl (C=O) groups is 2. The SMILES string of the molecule is C#CC(C)OC(=O)CCCC(=O)OC(C#CC(=C)C)C(C)CCC. The number of hydrogen-bond donors (Lipinski definition) is 0. The molecule has 0 aromatic rings. The van der Waals surface area contributed by atoms with Crippen LogP contribution in [0.4, 0.5) is 0 Å². The Balaban J connectivity index is 4.42. The Bertz CT molecular complexity index is 530. The quantitative estimate of drug-likeness (QED) is 0.478. The lowest BCUT2D eigenvalue weighted by atomic mass is 9.99. The Kier molecular flexibility index (Phi) is 11.1. The zero-order valence-corrected chi connectivity index (χ0v) is 15.2. The molecule has 0 aliphatic carbocycles. The molecule has 0 heterocycles. The maximum Gasteiger partial charge on any atom is 0.307 e. The van der Waals surface area contributed by atoms with E-state index in [0.717, 1.165) is 18.4 Å². The zero-order valence-electron chi connectivity index (χ0n) is 15.2. The molecule has 0 aliphatic rings. The summed E-state index contributed by atoms with van der Waals surface area (Å²) < 4.78 is 10.4. The summed E-state index contributed by atoms with van der Waals surface area (Å²) in [6.07, 6.45) is 6.66. The molecule has 4 nitrogen and oxygen atoms in total. The number of allylic oxidation sites excluding steroid dienone is 1. The zero-order chi connectivity index (χ0) is 18.5. The minimum absolute atomic E-state index is 0.133. The van der Waals surface area contributed by atoms with E-state index in [1.807, 2.05) is 6.92 Å². The van der Waals surface area contributed by atoms with Gasteiger partial charge in [-0.3, -0.25) is 9.59 Å². The summed E-state index contributed by atoms with van der Waals surface area (Å²) in [4.78, 5) is 23.5. The van der Waals surface area contributed by atoms with Crippen molar-refractivity contribution in [1.82, 2.24) is 0 Å². The second kappa shape index (κ2) is 12.3. The molecule has 0 amide bonds. The van der Waals surface area contributed by atoms with Gasteiger partial charge in [-0.05, 0) is 32.3 Å². The molecule has 3 unspecified atom stereocenters. The highest BCUT2D eigenvalue weighted by Crippen LogP contribution is 2.15. The first-order chi connectivity index (χ1) is 11.3. The van der Waals surface area contributed by atoms with Crippen LogP contribution >= 0.6 is 0 Å². The molecule has 0 radical (unpaired) electrons. The molecule has 0 bridgehead atoms. The monoisotopic (exact) mass is 332 g/mol. The molecule has 0 aromatic carbocycles. The van der Waals surface area contributed by atoms with Gasteiger partial charge in [-0.25, -0.2) is 0 Å². The molecule has 24 heavy (non-hydrogen) atoms. The molecular weight excluding hydrogens is 304 g/mol. The second-order valence-corrected chi connectivity index (χ2v) is 5.88. The first-order valence-corrected chi connectivity index (χ1v) is 8.32. The van der Waals surface area contributed by atoms with Gasteiger partial charge in [0.05, 0.1) is 0 Å². The van der Waals surface area contributed by atoms with Crippen molar-refractivity contribution < 1.29 is 19.1 Å². The third-order valence-corrected chi connectivity index (χ3v) is 3.25. The van der Waals surface area contributed by atoms with Gasteiger partial charge in [0.2, 0.25) is 0 Å². The van der Waals surface area contributed by atoms with Crippen molar-refractivity contribution in [3.05, 3.63) is 12.2 Å². The van der Waals surface area contributed by atoms with Gasteiger partial charge in [-0.15, -0.1) is 6.42 Å².